The Morgan fingerprint density at radius 1 is 1.21 bits per heavy atom. The first-order valence-corrected chi connectivity index (χ1v) is 9.13. The fraction of sp³-hybridized carbons (Fsp3) is 0.286. The summed E-state index contributed by atoms with van der Waals surface area (Å²) in [5, 5.41) is 7.53. The molecule has 1 fully saturated rings. The second kappa shape index (κ2) is 8.89. The van der Waals surface area contributed by atoms with Gasteiger partial charge in [0.05, 0.1) is 0 Å². The molecule has 3 aromatic rings. The lowest BCUT2D eigenvalue weighted by Gasteiger charge is -2.12. The van der Waals surface area contributed by atoms with Crippen LogP contribution >= 0.6 is 24.0 Å². The van der Waals surface area contributed by atoms with Gasteiger partial charge in [-0.3, -0.25) is 4.99 Å². The van der Waals surface area contributed by atoms with Crippen molar-refractivity contribution in [1.29, 1.82) is 0 Å². The molecule has 1 aliphatic rings. The van der Waals surface area contributed by atoms with Gasteiger partial charge in [-0.05, 0) is 48.2 Å². The highest BCUT2D eigenvalue weighted by molar-refractivity contribution is 14.0. The van der Waals surface area contributed by atoms with E-state index in [1.54, 1.807) is 25.2 Å². The van der Waals surface area contributed by atoms with Crippen LogP contribution < -0.4 is 10.6 Å². The zero-order valence-corrected chi connectivity index (χ0v) is 17.8. The molecule has 4 nitrogen and oxygen atoms in total. The maximum absolute atomic E-state index is 13.9. The third-order valence-corrected chi connectivity index (χ3v) is 5.06. The van der Waals surface area contributed by atoms with E-state index in [-0.39, 0.29) is 47.6 Å². The van der Waals surface area contributed by atoms with Crippen molar-refractivity contribution in [3.8, 4) is 0 Å². The summed E-state index contributed by atoms with van der Waals surface area (Å²) < 4.78 is 27.4. The first-order valence-electron chi connectivity index (χ1n) is 9.13. The largest absolute Gasteiger partial charge is 0.361 e. The van der Waals surface area contributed by atoms with E-state index in [4.69, 9.17) is 0 Å². The smallest absolute Gasteiger partial charge is 0.191 e. The molecule has 2 aromatic carbocycles. The lowest BCUT2D eigenvalue weighted by molar-refractivity contribution is 0.607. The molecule has 0 amide bonds. The summed E-state index contributed by atoms with van der Waals surface area (Å²) in [5.74, 6) is 0.495. The van der Waals surface area contributed by atoms with Crippen LogP contribution in [0.2, 0.25) is 0 Å². The quantitative estimate of drug-likeness (QED) is 0.280. The summed E-state index contributed by atoms with van der Waals surface area (Å²) in [6, 6.07) is 11.9. The highest BCUT2D eigenvalue weighted by atomic mass is 127. The van der Waals surface area contributed by atoms with Crippen LogP contribution in [0.25, 0.3) is 10.9 Å². The van der Waals surface area contributed by atoms with Crippen LogP contribution in [-0.2, 0) is 6.42 Å². The molecule has 4 rings (SSSR count). The topological polar surface area (TPSA) is 52.2 Å². The van der Waals surface area contributed by atoms with Crippen molar-refractivity contribution < 1.29 is 8.78 Å². The average Bonchev–Trinajstić information content (AvgIpc) is 3.32. The average molecular weight is 496 g/mol. The fourth-order valence-electron chi connectivity index (χ4n) is 3.52. The molecule has 1 aliphatic carbocycles. The van der Waals surface area contributed by atoms with Gasteiger partial charge in [0.2, 0.25) is 0 Å². The molecule has 1 saturated carbocycles. The molecule has 0 bridgehead atoms. The molecule has 2 unspecified atom stereocenters. The van der Waals surface area contributed by atoms with Crippen molar-refractivity contribution in [3.63, 3.8) is 0 Å². The number of rotatable bonds is 5. The van der Waals surface area contributed by atoms with E-state index in [9.17, 15) is 8.78 Å². The third kappa shape index (κ3) is 4.45. The maximum atomic E-state index is 13.9. The van der Waals surface area contributed by atoms with Crippen molar-refractivity contribution >= 4 is 40.8 Å². The Labute approximate surface area is 179 Å². The van der Waals surface area contributed by atoms with Crippen LogP contribution in [0.1, 0.15) is 23.5 Å². The monoisotopic (exact) mass is 496 g/mol. The molecule has 1 aromatic heterocycles. The number of aromatic amines is 1. The van der Waals surface area contributed by atoms with Crippen molar-refractivity contribution in [3.05, 3.63) is 71.4 Å². The summed E-state index contributed by atoms with van der Waals surface area (Å²) in [6.45, 7) is 0.667. The predicted octanol–water partition coefficient (Wildman–Crippen LogP) is 4.33. The summed E-state index contributed by atoms with van der Waals surface area (Å²) in [4.78, 5) is 7.41. The minimum atomic E-state index is -0.235. The molecule has 2 atom stereocenters. The number of fused-ring (bicyclic) bond motifs is 1. The molecule has 0 aliphatic heterocycles. The molecule has 0 spiro atoms. The van der Waals surface area contributed by atoms with Gasteiger partial charge >= 0.3 is 0 Å². The van der Waals surface area contributed by atoms with Gasteiger partial charge in [-0.2, -0.15) is 0 Å². The fourth-order valence-corrected chi connectivity index (χ4v) is 3.52. The highest BCUT2D eigenvalue weighted by Gasteiger charge is 2.40. The van der Waals surface area contributed by atoms with Crippen LogP contribution in [0.4, 0.5) is 8.78 Å². The minimum absolute atomic E-state index is 0. The van der Waals surface area contributed by atoms with Gasteiger partial charge < -0.3 is 15.6 Å². The molecule has 1 heterocycles. The van der Waals surface area contributed by atoms with Crippen LogP contribution in [0.5, 0.6) is 0 Å². The second-order valence-corrected chi connectivity index (χ2v) is 6.87. The van der Waals surface area contributed by atoms with E-state index >= 15 is 0 Å². The summed E-state index contributed by atoms with van der Waals surface area (Å²) in [7, 11) is 1.72. The highest BCUT2D eigenvalue weighted by Crippen LogP contribution is 2.41. The van der Waals surface area contributed by atoms with Gasteiger partial charge in [0.1, 0.15) is 11.6 Å². The number of aromatic nitrogens is 1. The van der Waals surface area contributed by atoms with Crippen LogP contribution in [0.3, 0.4) is 0 Å². The van der Waals surface area contributed by atoms with Crippen molar-refractivity contribution in [2.75, 3.05) is 13.6 Å². The van der Waals surface area contributed by atoms with Gasteiger partial charge in [0, 0.05) is 42.7 Å². The molecule has 28 heavy (non-hydrogen) atoms. The maximum Gasteiger partial charge on any atom is 0.191 e. The zero-order chi connectivity index (χ0) is 18.8. The number of benzene rings is 2. The van der Waals surface area contributed by atoms with E-state index in [0.29, 0.717) is 12.5 Å². The Hall–Kier alpha value is -2.16. The first kappa shape index (κ1) is 20.6. The van der Waals surface area contributed by atoms with Crippen molar-refractivity contribution in [1.82, 2.24) is 15.6 Å². The Morgan fingerprint density at radius 3 is 2.82 bits per heavy atom. The normalized spacial score (nSPS) is 18.6. The lowest BCUT2D eigenvalue weighted by Crippen LogP contribution is -2.39. The molecular weight excluding hydrogens is 473 g/mol. The number of guanidine groups is 1. The number of hydrogen-bond acceptors (Lipinski definition) is 1. The lowest BCUT2D eigenvalue weighted by atomic mass is 10.1. The van der Waals surface area contributed by atoms with Gasteiger partial charge in [0.25, 0.3) is 0 Å². The molecule has 0 radical (unpaired) electrons. The SMILES string of the molecule is CN=C(NCCc1c[nH]c2ccc(F)cc12)NC1CC1c1ccccc1F.I. The summed E-state index contributed by atoms with van der Waals surface area (Å²) in [5.41, 5.74) is 2.74. The minimum Gasteiger partial charge on any atom is -0.361 e. The number of nitrogens with zero attached hydrogens (tertiary/aromatic N) is 1. The van der Waals surface area contributed by atoms with E-state index in [1.807, 2.05) is 18.3 Å². The number of halogens is 3. The van der Waals surface area contributed by atoms with Crippen molar-refractivity contribution in [2.24, 2.45) is 4.99 Å². The van der Waals surface area contributed by atoms with Crippen LogP contribution in [0.15, 0.2) is 53.7 Å². The van der Waals surface area contributed by atoms with Gasteiger partial charge in [-0.1, -0.05) is 18.2 Å². The Balaban J connectivity index is 0.00000225. The first-order chi connectivity index (χ1) is 13.2. The molecule has 3 N–H and O–H groups in total. The van der Waals surface area contributed by atoms with E-state index in [2.05, 4.69) is 20.6 Å². The molecule has 7 heteroatoms. The summed E-state index contributed by atoms with van der Waals surface area (Å²) in [6.07, 6.45) is 3.55. The van der Waals surface area contributed by atoms with Gasteiger partial charge in [-0.25, -0.2) is 8.78 Å². The number of nitrogens with one attached hydrogen (secondary N) is 3. The predicted molar refractivity (Wildman–Crippen MR) is 119 cm³/mol. The van der Waals surface area contributed by atoms with E-state index < -0.39 is 0 Å². The Bertz CT molecular complexity index is 985. The second-order valence-electron chi connectivity index (χ2n) is 6.87. The molecular formula is C21H23F2IN4. The zero-order valence-electron chi connectivity index (χ0n) is 15.5. The Kier molecular flexibility index (Phi) is 6.53. The Morgan fingerprint density at radius 2 is 2.04 bits per heavy atom. The summed E-state index contributed by atoms with van der Waals surface area (Å²) >= 11 is 0. The number of hydrogen-bond donors (Lipinski definition) is 3. The van der Waals surface area contributed by atoms with Crippen molar-refractivity contribution in [2.45, 2.75) is 24.8 Å². The van der Waals surface area contributed by atoms with Gasteiger partial charge in [-0.15, -0.1) is 24.0 Å². The van der Waals surface area contributed by atoms with Gasteiger partial charge in [0.15, 0.2) is 5.96 Å². The number of H-pyrrole nitrogens is 1. The standard InChI is InChI=1S/C21H22F2N4.HI/c1-24-21(27-20-11-17(20)15-4-2-3-5-18(15)23)25-9-8-13-12-26-19-7-6-14(22)10-16(13)19;/h2-7,10,12,17,20,26H,8-9,11H2,1H3,(H2,24,25,27);1H. The third-order valence-electron chi connectivity index (χ3n) is 5.06. The molecule has 0 saturated heterocycles. The molecule has 148 valence electrons. The number of aliphatic imine (C=N–C) groups is 1. The van der Waals surface area contributed by atoms with E-state index in [0.717, 1.165) is 34.9 Å². The van der Waals surface area contributed by atoms with Crippen LogP contribution in [0, 0.1) is 11.6 Å². The van der Waals surface area contributed by atoms with Crippen LogP contribution in [-0.4, -0.2) is 30.6 Å². The van der Waals surface area contributed by atoms with E-state index in [1.165, 1.54) is 12.1 Å².